The summed E-state index contributed by atoms with van der Waals surface area (Å²) in [6.45, 7) is 6.49. The quantitative estimate of drug-likeness (QED) is 0.628. The molecular weight excluding hydrogens is 352 g/mol. The Labute approximate surface area is 165 Å². The summed E-state index contributed by atoms with van der Waals surface area (Å²) >= 11 is 5.74. The van der Waals surface area contributed by atoms with Crippen LogP contribution < -0.4 is 10.2 Å². The lowest BCUT2D eigenvalue weighted by atomic mass is 10.00. The van der Waals surface area contributed by atoms with E-state index in [9.17, 15) is 0 Å². The zero-order valence-corrected chi connectivity index (χ0v) is 16.6. The second kappa shape index (κ2) is 7.16. The molecule has 1 aliphatic rings. The lowest BCUT2D eigenvalue weighted by molar-refractivity contribution is 0.558. The van der Waals surface area contributed by atoms with Gasteiger partial charge in [0.15, 0.2) is 5.11 Å². The van der Waals surface area contributed by atoms with Crippen LogP contribution in [-0.2, 0) is 0 Å². The highest BCUT2D eigenvalue weighted by molar-refractivity contribution is 7.80. The summed E-state index contributed by atoms with van der Waals surface area (Å²) in [6.07, 6.45) is 1.83. The molecule has 1 aromatic carbocycles. The molecule has 0 amide bonds. The van der Waals surface area contributed by atoms with E-state index in [-0.39, 0.29) is 12.1 Å². The topological polar surface area (TPSA) is 44.0 Å². The molecular formula is C22H24N4S. The lowest BCUT2D eigenvalue weighted by Crippen LogP contribution is -2.29. The Morgan fingerprint density at radius 1 is 1.04 bits per heavy atom. The van der Waals surface area contributed by atoms with Crippen LogP contribution in [0, 0.1) is 6.92 Å². The molecule has 2 atom stereocenters. The van der Waals surface area contributed by atoms with Crippen molar-refractivity contribution in [1.29, 1.82) is 0 Å². The van der Waals surface area contributed by atoms with E-state index in [1.807, 2.05) is 18.3 Å². The number of rotatable bonds is 4. The number of anilines is 1. The Hall–Kier alpha value is -2.66. The fraction of sp³-hybridized carbons (Fsp3) is 0.273. The van der Waals surface area contributed by atoms with Crippen molar-refractivity contribution in [2.45, 2.75) is 38.8 Å². The van der Waals surface area contributed by atoms with E-state index < -0.39 is 0 Å². The largest absolute Gasteiger partial charge is 0.361 e. The predicted octanol–water partition coefficient (Wildman–Crippen LogP) is 5.02. The first-order valence-corrected chi connectivity index (χ1v) is 9.71. The lowest BCUT2D eigenvalue weighted by Gasteiger charge is -2.27. The van der Waals surface area contributed by atoms with Crippen LogP contribution in [0.15, 0.2) is 60.8 Å². The van der Waals surface area contributed by atoms with Crippen LogP contribution in [0.5, 0.6) is 0 Å². The molecule has 0 unspecified atom stereocenters. The summed E-state index contributed by atoms with van der Waals surface area (Å²) in [6, 6.07) is 19.0. The van der Waals surface area contributed by atoms with Crippen molar-refractivity contribution in [2.75, 3.05) is 4.90 Å². The van der Waals surface area contributed by atoms with Gasteiger partial charge < -0.3 is 15.2 Å². The highest BCUT2D eigenvalue weighted by Crippen LogP contribution is 2.41. The Morgan fingerprint density at radius 2 is 1.81 bits per heavy atom. The summed E-state index contributed by atoms with van der Waals surface area (Å²) in [5.41, 5.74) is 5.66. The van der Waals surface area contributed by atoms with Gasteiger partial charge in [-0.25, -0.2) is 0 Å². The van der Waals surface area contributed by atoms with Gasteiger partial charge in [-0.05, 0) is 67.0 Å². The van der Waals surface area contributed by atoms with Crippen molar-refractivity contribution in [3.63, 3.8) is 0 Å². The molecule has 2 N–H and O–H groups in total. The third-order valence-electron chi connectivity index (χ3n) is 5.11. The number of benzene rings is 1. The van der Waals surface area contributed by atoms with Gasteiger partial charge in [-0.1, -0.05) is 32.0 Å². The van der Waals surface area contributed by atoms with Crippen molar-refractivity contribution < 1.29 is 0 Å². The first-order chi connectivity index (χ1) is 13.0. The molecule has 2 aromatic heterocycles. The van der Waals surface area contributed by atoms with Crippen molar-refractivity contribution in [3.8, 4) is 0 Å². The maximum absolute atomic E-state index is 5.74. The SMILES string of the molecule is Cc1ccc([C@H]2[C@H](c3ccccn3)NC(=S)N2c2ccc(C(C)C)cc2)[nH]1. The first-order valence-electron chi connectivity index (χ1n) is 9.30. The van der Waals surface area contributed by atoms with Gasteiger partial charge in [0, 0.05) is 23.3 Å². The van der Waals surface area contributed by atoms with E-state index in [1.54, 1.807) is 0 Å². The first kappa shape index (κ1) is 17.7. The Morgan fingerprint density at radius 3 is 2.41 bits per heavy atom. The third kappa shape index (κ3) is 3.35. The summed E-state index contributed by atoms with van der Waals surface area (Å²) < 4.78 is 0. The molecule has 27 heavy (non-hydrogen) atoms. The molecule has 0 radical (unpaired) electrons. The maximum Gasteiger partial charge on any atom is 0.174 e. The number of nitrogens with one attached hydrogen (secondary N) is 2. The van der Waals surface area contributed by atoms with Crippen LogP contribution >= 0.6 is 12.2 Å². The molecule has 4 nitrogen and oxygen atoms in total. The summed E-state index contributed by atoms with van der Waals surface area (Å²) in [7, 11) is 0. The van der Waals surface area contributed by atoms with Gasteiger partial charge in [0.05, 0.1) is 11.7 Å². The third-order valence-corrected chi connectivity index (χ3v) is 5.42. The molecule has 0 saturated carbocycles. The van der Waals surface area contributed by atoms with Gasteiger partial charge in [-0.2, -0.15) is 0 Å². The number of aromatic nitrogens is 2. The van der Waals surface area contributed by atoms with Gasteiger partial charge in [0.1, 0.15) is 6.04 Å². The van der Waals surface area contributed by atoms with E-state index in [2.05, 4.69) is 83.4 Å². The highest BCUT2D eigenvalue weighted by Gasteiger charge is 2.41. The molecule has 0 bridgehead atoms. The van der Waals surface area contributed by atoms with Crippen molar-refractivity contribution in [1.82, 2.24) is 15.3 Å². The van der Waals surface area contributed by atoms with Gasteiger partial charge in [-0.15, -0.1) is 0 Å². The molecule has 5 heteroatoms. The highest BCUT2D eigenvalue weighted by atomic mass is 32.1. The standard InChI is InChI=1S/C22H24N4S/c1-14(2)16-8-10-17(11-9-16)26-21(19-12-7-15(3)24-19)20(25-22(26)27)18-6-4-5-13-23-18/h4-14,20-21,24H,1-3H3,(H,25,27)/t20-,21-/m0/s1. The molecule has 138 valence electrons. The second-order valence-electron chi connectivity index (χ2n) is 7.34. The Balaban J connectivity index is 1.78. The predicted molar refractivity (Wildman–Crippen MR) is 114 cm³/mol. The number of thiocarbonyl (C=S) groups is 1. The minimum atomic E-state index is -0.0125. The normalized spacial score (nSPS) is 19.6. The molecule has 0 aliphatic carbocycles. The average molecular weight is 377 g/mol. The molecule has 3 heterocycles. The van der Waals surface area contributed by atoms with Gasteiger partial charge in [-0.3, -0.25) is 4.98 Å². The minimum absolute atomic E-state index is 0.0125. The smallest absolute Gasteiger partial charge is 0.174 e. The van der Waals surface area contributed by atoms with E-state index in [0.717, 1.165) is 27.9 Å². The molecule has 4 rings (SSSR count). The summed E-state index contributed by atoms with van der Waals surface area (Å²) in [4.78, 5) is 10.3. The number of nitrogens with zero attached hydrogens (tertiary/aromatic N) is 2. The van der Waals surface area contributed by atoms with Crippen LogP contribution in [0.1, 0.15) is 54.5 Å². The molecule has 1 fully saturated rings. The Bertz CT molecular complexity index is 930. The van der Waals surface area contributed by atoms with E-state index in [4.69, 9.17) is 12.2 Å². The monoisotopic (exact) mass is 376 g/mol. The van der Waals surface area contributed by atoms with Gasteiger partial charge in [0.2, 0.25) is 0 Å². The fourth-order valence-electron chi connectivity index (χ4n) is 3.67. The molecule has 0 spiro atoms. The number of aryl methyl sites for hydroxylation is 1. The summed E-state index contributed by atoms with van der Waals surface area (Å²) in [5, 5.41) is 4.21. The summed E-state index contributed by atoms with van der Waals surface area (Å²) in [5.74, 6) is 0.505. The number of aromatic amines is 1. The van der Waals surface area contributed by atoms with Crippen LogP contribution in [-0.4, -0.2) is 15.1 Å². The van der Waals surface area contributed by atoms with E-state index >= 15 is 0 Å². The fourth-order valence-corrected chi connectivity index (χ4v) is 4.01. The van der Waals surface area contributed by atoms with Gasteiger partial charge >= 0.3 is 0 Å². The van der Waals surface area contributed by atoms with E-state index in [1.165, 1.54) is 5.56 Å². The zero-order chi connectivity index (χ0) is 19.0. The van der Waals surface area contributed by atoms with E-state index in [0.29, 0.717) is 5.92 Å². The molecule has 1 saturated heterocycles. The van der Waals surface area contributed by atoms with Crippen LogP contribution in [0.4, 0.5) is 5.69 Å². The van der Waals surface area contributed by atoms with Crippen LogP contribution in [0.2, 0.25) is 0 Å². The van der Waals surface area contributed by atoms with Crippen LogP contribution in [0.3, 0.4) is 0 Å². The maximum atomic E-state index is 5.74. The second-order valence-corrected chi connectivity index (χ2v) is 7.73. The van der Waals surface area contributed by atoms with Crippen molar-refractivity contribution in [2.24, 2.45) is 0 Å². The number of hydrogen-bond acceptors (Lipinski definition) is 2. The number of hydrogen-bond donors (Lipinski definition) is 2. The van der Waals surface area contributed by atoms with Crippen LogP contribution in [0.25, 0.3) is 0 Å². The molecule has 3 aromatic rings. The average Bonchev–Trinajstić information content (AvgIpc) is 3.25. The van der Waals surface area contributed by atoms with Crippen molar-refractivity contribution >= 4 is 23.0 Å². The number of H-pyrrole nitrogens is 1. The molecule has 1 aliphatic heterocycles. The van der Waals surface area contributed by atoms with Gasteiger partial charge in [0.25, 0.3) is 0 Å². The van der Waals surface area contributed by atoms with Crippen molar-refractivity contribution in [3.05, 3.63) is 83.4 Å². The Kier molecular flexibility index (Phi) is 4.70. The minimum Gasteiger partial charge on any atom is -0.361 e. The zero-order valence-electron chi connectivity index (χ0n) is 15.8. The number of pyridine rings is 1.